The minimum Gasteiger partial charge on any atom is -0.233 e. The molecule has 26 heavy (non-hydrogen) atoms. The van der Waals surface area contributed by atoms with Crippen molar-refractivity contribution in [2.24, 2.45) is 0 Å². The van der Waals surface area contributed by atoms with Gasteiger partial charge in [-0.15, -0.1) is 0 Å². The number of aromatic nitrogens is 1. The monoisotopic (exact) mass is 425 g/mol. The fourth-order valence-corrected chi connectivity index (χ4v) is 5.80. The maximum atomic E-state index is 13.6. The topological polar surface area (TPSA) is 39.1 Å². The summed E-state index contributed by atoms with van der Waals surface area (Å²) < 4.78 is 29.1. The number of benzene rings is 3. The molecule has 0 saturated carbocycles. The molecule has 4 aromatic rings. The number of halogens is 1. The first-order valence-corrected chi connectivity index (χ1v) is 10.4. The summed E-state index contributed by atoms with van der Waals surface area (Å²) in [4.78, 5) is 0.252. The van der Waals surface area contributed by atoms with Crippen LogP contribution in [0.4, 0.5) is 0 Å². The summed E-state index contributed by atoms with van der Waals surface area (Å²) in [6.07, 6.45) is 0. The molecule has 0 aliphatic rings. The first kappa shape index (κ1) is 17.1. The van der Waals surface area contributed by atoms with Gasteiger partial charge >= 0.3 is 0 Å². The van der Waals surface area contributed by atoms with E-state index in [4.69, 9.17) is 0 Å². The molecule has 1 heterocycles. The van der Waals surface area contributed by atoms with Crippen LogP contribution in [-0.4, -0.2) is 12.4 Å². The molecule has 0 atom stereocenters. The number of para-hydroxylation sites is 1. The van der Waals surface area contributed by atoms with E-state index in [9.17, 15) is 8.42 Å². The van der Waals surface area contributed by atoms with Crippen molar-refractivity contribution in [3.8, 4) is 11.3 Å². The van der Waals surface area contributed by atoms with Crippen LogP contribution in [0, 0.1) is 6.92 Å². The molecular weight excluding hydrogens is 410 g/mol. The third-order valence-electron chi connectivity index (χ3n) is 4.34. The van der Waals surface area contributed by atoms with Crippen molar-refractivity contribution in [3.63, 3.8) is 0 Å². The molecule has 0 saturated heterocycles. The van der Waals surface area contributed by atoms with Crippen LogP contribution < -0.4 is 0 Å². The third-order valence-corrected chi connectivity index (χ3v) is 7.05. The van der Waals surface area contributed by atoms with Gasteiger partial charge in [-0.3, -0.25) is 0 Å². The molecule has 0 aliphatic heterocycles. The highest BCUT2D eigenvalue weighted by Crippen LogP contribution is 2.34. The minimum absolute atomic E-state index is 0.252. The van der Waals surface area contributed by atoms with E-state index in [0.29, 0.717) is 15.7 Å². The lowest BCUT2D eigenvalue weighted by atomic mass is 10.1. The SMILES string of the molecule is Cc1ccc(S(=O)(=O)n2c(-c3ccccc3)cc3ccccc32)c(Br)c1. The molecule has 0 amide bonds. The quantitative estimate of drug-likeness (QED) is 0.427. The highest BCUT2D eigenvalue weighted by molar-refractivity contribution is 9.10. The van der Waals surface area contributed by atoms with Crippen LogP contribution in [0.5, 0.6) is 0 Å². The second-order valence-corrected chi connectivity index (χ2v) is 8.77. The zero-order chi connectivity index (χ0) is 18.3. The van der Waals surface area contributed by atoms with Crippen LogP contribution >= 0.6 is 15.9 Å². The Hall–Kier alpha value is -2.37. The maximum absolute atomic E-state index is 13.6. The van der Waals surface area contributed by atoms with Gasteiger partial charge in [0.25, 0.3) is 10.0 Å². The second-order valence-electron chi connectivity index (χ2n) is 6.16. The van der Waals surface area contributed by atoms with E-state index in [2.05, 4.69) is 15.9 Å². The Morgan fingerprint density at radius 2 is 1.54 bits per heavy atom. The summed E-state index contributed by atoms with van der Waals surface area (Å²) >= 11 is 3.42. The lowest BCUT2D eigenvalue weighted by molar-refractivity contribution is 0.589. The molecule has 0 bridgehead atoms. The Morgan fingerprint density at radius 1 is 0.846 bits per heavy atom. The summed E-state index contributed by atoms with van der Waals surface area (Å²) in [6.45, 7) is 1.93. The van der Waals surface area contributed by atoms with E-state index in [0.717, 1.165) is 16.5 Å². The largest absolute Gasteiger partial charge is 0.269 e. The predicted octanol–water partition coefficient (Wildman–Crippen LogP) is 5.62. The van der Waals surface area contributed by atoms with Crippen molar-refractivity contribution in [3.05, 3.63) is 88.9 Å². The van der Waals surface area contributed by atoms with Gasteiger partial charge in [0.15, 0.2) is 0 Å². The average molecular weight is 426 g/mol. The molecule has 3 nitrogen and oxygen atoms in total. The van der Waals surface area contributed by atoms with Crippen molar-refractivity contribution >= 4 is 36.9 Å². The van der Waals surface area contributed by atoms with Gasteiger partial charge in [0.1, 0.15) is 4.90 Å². The number of hydrogen-bond donors (Lipinski definition) is 0. The summed E-state index contributed by atoms with van der Waals surface area (Å²) in [5, 5.41) is 0.887. The van der Waals surface area contributed by atoms with Crippen LogP contribution in [0.1, 0.15) is 5.56 Å². The van der Waals surface area contributed by atoms with Gasteiger partial charge in [-0.25, -0.2) is 12.4 Å². The Kier molecular flexibility index (Phi) is 4.21. The van der Waals surface area contributed by atoms with Gasteiger partial charge in [0.2, 0.25) is 0 Å². The molecule has 0 spiro atoms. The maximum Gasteiger partial charge on any atom is 0.269 e. The van der Waals surface area contributed by atoms with Crippen LogP contribution in [0.25, 0.3) is 22.2 Å². The van der Waals surface area contributed by atoms with Crippen LogP contribution in [0.15, 0.2) is 88.2 Å². The number of nitrogens with zero attached hydrogens (tertiary/aromatic N) is 1. The Bertz CT molecular complexity index is 1210. The number of aryl methyl sites for hydroxylation is 1. The van der Waals surface area contributed by atoms with Crippen molar-refractivity contribution in [1.82, 2.24) is 3.97 Å². The molecule has 5 heteroatoms. The molecule has 0 fully saturated rings. The van der Waals surface area contributed by atoms with E-state index in [-0.39, 0.29) is 4.90 Å². The summed E-state index contributed by atoms with van der Waals surface area (Å²) in [5.41, 5.74) is 3.17. The number of fused-ring (bicyclic) bond motifs is 1. The van der Waals surface area contributed by atoms with Gasteiger partial charge in [-0.05, 0) is 58.2 Å². The van der Waals surface area contributed by atoms with E-state index in [1.807, 2.05) is 79.7 Å². The van der Waals surface area contributed by atoms with Crippen LogP contribution in [0.3, 0.4) is 0 Å². The first-order chi connectivity index (χ1) is 12.5. The summed E-state index contributed by atoms with van der Waals surface area (Å²) in [7, 11) is -3.78. The molecule has 3 aromatic carbocycles. The third kappa shape index (κ3) is 2.77. The molecule has 0 N–H and O–H groups in total. The smallest absolute Gasteiger partial charge is 0.233 e. The second kappa shape index (κ2) is 6.41. The molecule has 4 rings (SSSR count). The summed E-state index contributed by atoms with van der Waals surface area (Å²) in [6, 6.07) is 24.3. The van der Waals surface area contributed by atoms with Gasteiger partial charge in [-0.1, -0.05) is 54.6 Å². The van der Waals surface area contributed by atoms with Gasteiger partial charge in [0, 0.05) is 9.86 Å². The van der Waals surface area contributed by atoms with Crippen LogP contribution in [-0.2, 0) is 10.0 Å². The highest BCUT2D eigenvalue weighted by Gasteiger charge is 2.25. The number of hydrogen-bond acceptors (Lipinski definition) is 2. The normalized spacial score (nSPS) is 11.8. The van der Waals surface area contributed by atoms with Crippen molar-refractivity contribution in [2.75, 3.05) is 0 Å². The van der Waals surface area contributed by atoms with Gasteiger partial charge in [0.05, 0.1) is 11.2 Å². The lowest BCUT2D eigenvalue weighted by Crippen LogP contribution is -2.14. The van der Waals surface area contributed by atoms with E-state index >= 15 is 0 Å². The fraction of sp³-hybridized carbons (Fsp3) is 0.0476. The standard InChI is InChI=1S/C21H16BrNO2S/c1-15-11-12-21(18(22)13-15)26(24,25)23-19-10-6-5-9-17(19)14-20(23)16-7-3-2-4-8-16/h2-14H,1H3. The molecule has 0 unspecified atom stereocenters. The van der Waals surface area contributed by atoms with Crippen LogP contribution in [0.2, 0.25) is 0 Å². The molecule has 1 aromatic heterocycles. The zero-order valence-corrected chi connectivity index (χ0v) is 16.5. The van der Waals surface area contributed by atoms with Crippen molar-refractivity contribution in [2.45, 2.75) is 11.8 Å². The first-order valence-electron chi connectivity index (χ1n) is 8.16. The molecular formula is C21H16BrNO2S. The van der Waals surface area contributed by atoms with Gasteiger partial charge in [-0.2, -0.15) is 0 Å². The highest BCUT2D eigenvalue weighted by atomic mass is 79.9. The van der Waals surface area contributed by atoms with Gasteiger partial charge < -0.3 is 0 Å². The van der Waals surface area contributed by atoms with Crippen molar-refractivity contribution in [1.29, 1.82) is 0 Å². The summed E-state index contributed by atoms with van der Waals surface area (Å²) in [5.74, 6) is 0. The zero-order valence-electron chi connectivity index (χ0n) is 14.1. The Labute approximate surface area is 161 Å². The molecule has 0 aliphatic carbocycles. The van der Waals surface area contributed by atoms with Crippen molar-refractivity contribution < 1.29 is 8.42 Å². The lowest BCUT2D eigenvalue weighted by Gasteiger charge is -2.14. The predicted molar refractivity (Wildman–Crippen MR) is 109 cm³/mol. The van der Waals surface area contributed by atoms with E-state index in [1.165, 1.54) is 3.97 Å². The average Bonchev–Trinajstić information content (AvgIpc) is 3.02. The van der Waals surface area contributed by atoms with E-state index < -0.39 is 10.0 Å². The van der Waals surface area contributed by atoms with E-state index in [1.54, 1.807) is 6.07 Å². The number of rotatable bonds is 3. The Morgan fingerprint density at radius 3 is 2.27 bits per heavy atom. The minimum atomic E-state index is -3.78. The molecule has 0 radical (unpaired) electrons. The fourth-order valence-electron chi connectivity index (χ4n) is 3.11. The Balaban J connectivity index is 2.07. The molecule has 130 valence electrons.